The van der Waals surface area contributed by atoms with Crippen LogP contribution in [0.1, 0.15) is 41.6 Å². The Kier molecular flexibility index (Phi) is 8.58. The van der Waals surface area contributed by atoms with Crippen LogP contribution in [0.3, 0.4) is 0 Å². The largest absolute Gasteiger partial charge is 0.497 e. The summed E-state index contributed by atoms with van der Waals surface area (Å²) < 4.78 is 79.2. The molecule has 0 heterocycles. The van der Waals surface area contributed by atoms with Crippen molar-refractivity contribution < 1.29 is 41.0 Å². The molecular weight excluding hydrogens is 595 g/mol. The summed E-state index contributed by atoms with van der Waals surface area (Å²) in [6.45, 7) is 0.338. The second-order valence-electron chi connectivity index (χ2n) is 10.9. The third kappa shape index (κ3) is 6.15. The van der Waals surface area contributed by atoms with Crippen molar-refractivity contribution >= 4 is 33.0 Å². The number of fused-ring (bicyclic) bond motifs is 2. The van der Waals surface area contributed by atoms with Crippen molar-refractivity contribution in [2.45, 2.75) is 48.0 Å². The third-order valence-electron chi connectivity index (χ3n) is 8.02. The number of aliphatic hydroxyl groups is 1. The maximum Gasteiger partial charge on any atom is 0.255 e. The fourth-order valence-electron chi connectivity index (χ4n) is 6.18. The second kappa shape index (κ2) is 11.9. The maximum absolute atomic E-state index is 13.9. The number of amides is 1. The van der Waals surface area contributed by atoms with E-state index in [2.05, 4.69) is 5.32 Å². The molecule has 4 atom stereocenters. The summed E-state index contributed by atoms with van der Waals surface area (Å²) in [6, 6.07) is 12.3. The smallest absolute Gasteiger partial charge is 0.255 e. The Balaban J connectivity index is 1.29. The maximum atomic E-state index is 13.9. The average molecular weight is 624 g/mol. The van der Waals surface area contributed by atoms with Gasteiger partial charge in [0.25, 0.3) is 5.91 Å². The van der Waals surface area contributed by atoms with Crippen LogP contribution in [0.4, 0.5) is 18.9 Å². The van der Waals surface area contributed by atoms with Crippen LogP contribution >= 0.6 is 11.6 Å². The van der Waals surface area contributed by atoms with Gasteiger partial charge < -0.3 is 19.9 Å². The van der Waals surface area contributed by atoms with Crippen molar-refractivity contribution in [1.82, 2.24) is 0 Å². The first-order chi connectivity index (χ1) is 19.9. The van der Waals surface area contributed by atoms with Gasteiger partial charge in [0.15, 0.2) is 27.3 Å². The predicted octanol–water partition coefficient (Wildman–Crippen LogP) is 5.93. The number of anilines is 1. The quantitative estimate of drug-likeness (QED) is 0.287. The molecule has 3 aromatic carbocycles. The highest BCUT2D eigenvalue weighted by Gasteiger charge is 2.54. The van der Waals surface area contributed by atoms with Crippen LogP contribution in [0.25, 0.3) is 0 Å². The van der Waals surface area contributed by atoms with E-state index in [1.165, 1.54) is 12.1 Å². The number of carbonyl (C=O) groups is 1. The summed E-state index contributed by atoms with van der Waals surface area (Å²) in [5.74, 6) is -5.47. The molecule has 2 N–H and O–H groups in total. The molecule has 1 unspecified atom stereocenters. The van der Waals surface area contributed by atoms with Gasteiger partial charge >= 0.3 is 0 Å². The number of sulfone groups is 1. The van der Waals surface area contributed by atoms with Crippen molar-refractivity contribution in [2.24, 2.45) is 11.8 Å². The molecule has 3 aromatic rings. The van der Waals surface area contributed by atoms with Gasteiger partial charge in [0.1, 0.15) is 5.75 Å². The number of ether oxygens (including phenoxy) is 2. The number of carbonyl (C=O) groups excluding carboxylic acids is 1. The van der Waals surface area contributed by atoms with Crippen molar-refractivity contribution in [3.63, 3.8) is 0 Å². The standard InChI is InChI=1S/C30H29ClF3NO6S/c1-40-22-7-2-17(3-8-22)15-41-16-30(37)13-19-4-5-20(14-30)28(19)42(38,39)26-10-18(6-9-23(26)31)29(36)35-21-11-24(32)27(34)25(33)12-21/h2-3,6-12,19-20,28,37H,4-5,13-16H2,1H3,(H,35,36)/t19-,20?,28+,30+/m0/s1. The first-order valence-electron chi connectivity index (χ1n) is 13.3. The number of halogens is 4. The van der Waals surface area contributed by atoms with Gasteiger partial charge in [0.05, 0.1) is 41.1 Å². The molecule has 2 saturated carbocycles. The van der Waals surface area contributed by atoms with Crippen molar-refractivity contribution in [3.05, 3.63) is 88.2 Å². The monoisotopic (exact) mass is 623 g/mol. The molecule has 0 aliphatic heterocycles. The van der Waals surface area contributed by atoms with Gasteiger partial charge in [-0.2, -0.15) is 0 Å². The Morgan fingerprint density at radius 1 is 1.02 bits per heavy atom. The Morgan fingerprint density at radius 3 is 2.24 bits per heavy atom. The molecule has 2 aliphatic rings. The number of rotatable bonds is 9. The molecule has 0 saturated heterocycles. The lowest BCUT2D eigenvalue weighted by molar-refractivity contribution is -0.0866. The molecule has 12 heteroatoms. The number of nitrogens with one attached hydrogen (secondary N) is 1. The highest BCUT2D eigenvalue weighted by atomic mass is 35.5. The molecule has 2 aliphatic carbocycles. The fourth-order valence-corrected chi connectivity index (χ4v) is 9.03. The normalized spacial score (nSPS) is 23.5. The molecular formula is C30H29ClF3NO6S. The van der Waals surface area contributed by atoms with Crippen LogP contribution in [0.15, 0.2) is 59.5 Å². The van der Waals surface area contributed by atoms with Crippen molar-refractivity contribution in [1.29, 1.82) is 0 Å². The predicted molar refractivity (Wildman–Crippen MR) is 150 cm³/mol. The zero-order chi connectivity index (χ0) is 30.2. The summed E-state index contributed by atoms with van der Waals surface area (Å²) in [5, 5.41) is 12.7. The van der Waals surface area contributed by atoms with Crippen molar-refractivity contribution in [2.75, 3.05) is 19.0 Å². The van der Waals surface area contributed by atoms with Gasteiger partial charge in [0.2, 0.25) is 0 Å². The molecule has 224 valence electrons. The van der Waals surface area contributed by atoms with Gasteiger partial charge in [-0.1, -0.05) is 23.7 Å². The SMILES string of the molecule is COc1ccc(COC[C@]2(O)CC3CC[C@@H](C2)[C@H]3S(=O)(=O)c2cc(C(=O)Nc3cc(F)c(F)c(F)c3)ccc2Cl)cc1. The van der Waals surface area contributed by atoms with E-state index < -0.39 is 44.0 Å². The van der Waals surface area contributed by atoms with E-state index in [1.807, 2.05) is 24.3 Å². The Hall–Kier alpha value is -3.12. The lowest BCUT2D eigenvalue weighted by Crippen LogP contribution is -2.48. The summed E-state index contributed by atoms with van der Waals surface area (Å²) in [5.41, 5.74) is -0.730. The fraction of sp³-hybridized carbons (Fsp3) is 0.367. The molecule has 2 bridgehead atoms. The average Bonchev–Trinajstić information content (AvgIpc) is 3.25. The summed E-state index contributed by atoms with van der Waals surface area (Å²) >= 11 is 6.31. The van der Waals surface area contributed by atoms with Gasteiger partial charge in [-0.05, 0) is 73.4 Å². The summed E-state index contributed by atoms with van der Waals surface area (Å²) in [7, 11) is -2.46. The minimum absolute atomic E-state index is 0.0553. The highest BCUT2D eigenvalue weighted by Crippen LogP contribution is 2.51. The van der Waals surface area contributed by atoms with Crippen LogP contribution in [0.2, 0.25) is 5.02 Å². The van der Waals surface area contributed by atoms with Gasteiger partial charge in [-0.3, -0.25) is 4.79 Å². The number of benzene rings is 3. The molecule has 0 spiro atoms. The van der Waals surface area contributed by atoms with Crippen molar-refractivity contribution in [3.8, 4) is 5.75 Å². The Labute approximate surface area is 246 Å². The van der Waals surface area contributed by atoms with Crippen LogP contribution < -0.4 is 10.1 Å². The van der Waals surface area contributed by atoms with Gasteiger partial charge in [-0.15, -0.1) is 0 Å². The third-order valence-corrected chi connectivity index (χ3v) is 10.9. The summed E-state index contributed by atoms with van der Waals surface area (Å²) in [6.07, 6.45) is 1.68. The minimum Gasteiger partial charge on any atom is -0.497 e. The first kappa shape index (κ1) is 30.3. The van der Waals surface area contributed by atoms with E-state index in [0.29, 0.717) is 25.0 Å². The zero-order valence-corrected chi connectivity index (χ0v) is 24.2. The minimum atomic E-state index is -4.04. The molecule has 1 amide bonds. The van der Waals surface area contributed by atoms with Crippen LogP contribution in [0, 0.1) is 29.3 Å². The number of methoxy groups -OCH3 is 1. The van der Waals surface area contributed by atoms with Crippen LogP contribution in [0.5, 0.6) is 5.75 Å². The molecule has 0 radical (unpaired) electrons. The highest BCUT2D eigenvalue weighted by molar-refractivity contribution is 7.92. The topological polar surface area (TPSA) is 102 Å². The van der Waals surface area contributed by atoms with E-state index in [0.717, 1.165) is 17.4 Å². The van der Waals surface area contributed by atoms with E-state index in [-0.39, 0.29) is 59.1 Å². The molecule has 7 nitrogen and oxygen atoms in total. The zero-order valence-electron chi connectivity index (χ0n) is 22.6. The molecule has 0 aromatic heterocycles. The Morgan fingerprint density at radius 2 is 1.64 bits per heavy atom. The number of hydrogen-bond donors (Lipinski definition) is 2. The first-order valence-corrected chi connectivity index (χ1v) is 15.2. The van der Waals surface area contributed by atoms with Crippen LogP contribution in [-0.4, -0.2) is 44.0 Å². The lowest BCUT2D eigenvalue weighted by atomic mass is 9.77. The van der Waals surface area contributed by atoms with E-state index in [1.54, 1.807) is 7.11 Å². The lowest BCUT2D eigenvalue weighted by Gasteiger charge is -2.40. The van der Waals surface area contributed by atoms with E-state index in [9.17, 15) is 31.5 Å². The summed E-state index contributed by atoms with van der Waals surface area (Å²) in [4.78, 5) is 12.6. The van der Waals surface area contributed by atoms with E-state index in [4.69, 9.17) is 21.1 Å². The van der Waals surface area contributed by atoms with Crippen LogP contribution in [-0.2, 0) is 21.2 Å². The van der Waals surface area contributed by atoms with Gasteiger partial charge in [-0.25, -0.2) is 21.6 Å². The molecule has 2 fully saturated rings. The van der Waals surface area contributed by atoms with E-state index >= 15 is 0 Å². The molecule has 42 heavy (non-hydrogen) atoms. The molecule has 5 rings (SSSR count). The number of hydrogen-bond acceptors (Lipinski definition) is 6. The Bertz CT molecular complexity index is 1560. The van der Waals surface area contributed by atoms with Gasteiger partial charge in [0, 0.05) is 23.4 Å². The second-order valence-corrected chi connectivity index (χ2v) is 13.4.